The monoisotopic (exact) mass is 128 g/mol. The molecule has 0 amide bonds. The maximum absolute atomic E-state index is 9.67. The number of allylic oxidation sites excluding steroid dienone is 1. The second kappa shape index (κ2) is 5.35. The Balaban J connectivity index is 3.14. The summed E-state index contributed by atoms with van der Waals surface area (Å²) in [6.45, 7) is 6.54. The van der Waals surface area contributed by atoms with Crippen LogP contribution in [0.15, 0.2) is 12.7 Å². The first-order valence-corrected chi connectivity index (χ1v) is 2.97. The van der Waals surface area contributed by atoms with Crippen LogP contribution in [0, 0.1) is 5.92 Å². The van der Waals surface area contributed by atoms with Crippen molar-refractivity contribution in [2.45, 2.75) is 13.3 Å². The SMILES string of the molecule is C=CCC(C)COC=O. The Morgan fingerprint density at radius 2 is 2.44 bits per heavy atom. The van der Waals surface area contributed by atoms with Crippen molar-refractivity contribution in [3.05, 3.63) is 12.7 Å². The van der Waals surface area contributed by atoms with Crippen LogP contribution < -0.4 is 0 Å². The first-order chi connectivity index (χ1) is 4.31. The van der Waals surface area contributed by atoms with Crippen molar-refractivity contribution in [2.24, 2.45) is 5.92 Å². The van der Waals surface area contributed by atoms with Gasteiger partial charge in [0.25, 0.3) is 6.47 Å². The molecule has 0 radical (unpaired) electrons. The predicted octanol–water partition coefficient (Wildman–Crippen LogP) is 1.37. The van der Waals surface area contributed by atoms with Crippen molar-refractivity contribution >= 4 is 6.47 Å². The van der Waals surface area contributed by atoms with E-state index in [-0.39, 0.29) is 0 Å². The zero-order chi connectivity index (χ0) is 7.11. The molecule has 0 spiro atoms. The standard InChI is InChI=1S/C7H12O2/c1-3-4-7(2)5-9-6-8/h3,6-7H,1,4-5H2,2H3. The molecule has 0 saturated heterocycles. The van der Waals surface area contributed by atoms with Gasteiger partial charge in [-0.15, -0.1) is 6.58 Å². The average Bonchev–Trinajstić information content (AvgIpc) is 1.85. The summed E-state index contributed by atoms with van der Waals surface area (Å²) in [7, 11) is 0. The molecule has 0 aliphatic rings. The van der Waals surface area contributed by atoms with Crippen molar-refractivity contribution in [3.63, 3.8) is 0 Å². The fraction of sp³-hybridized carbons (Fsp3) is 0.571. The van der Waals surface area contributed by atoms with Crippen LogP contribution in [0.5, 0.6) is 0 Å². The molecule has 0 aliphatic carbocycles. The van der Waals surface area contributed by atoms with Gasteiger partial charge in [-0.1, -0.05) is 13.0 Å². The van der Waals surface area contributed by atoms with Gasteiger partial charge in [-0.25, -0.2) is 0 Å². The van der Waals surface area contributed by atoms with Crippen LogP contribution in [0.4, 0.5) is 0 Å². The van der Waals surface area contributed by atoms with Crippen LogP contribution in [-0.4, -0.2) is 13.1 Å². The number of carbonyl (C=O) groups is 1. The number of carbonyl (C=O) groups excluding carboxylic acids is 1. The highest BCUT2D eigenvalue weighted by Gasteiger charge is 1.96. The van der Waals surface area contributed by atoms with Gasteiger partial charge in [0.05, 0.1) is 6.61 Å². The van der Waals surface area contributed by atoms with E-state index in [9.17, 15) is 4.79 Å². The molecule has 0 aromatic rings. The summed E-state index contributed by atoms with van der Waals surface area (Å²) in [6.07, 6.45) is 2.71. The van der Waals surface area contributed by atoms with E-state index >= 15 is 0 Å². The molecule has 0 rings (SSSR count). The van der Waals surface area contributed by atoms with Crippen LogP contribution in [0.1, 0.15) is 13.3 Å². The summed E-state index contributed by atoms with van der Waals surface area (Å²) in [5.41, 5.74) is 0. The molecule has 2 nitrogen and oxygen atoms in total. The Hall–Kier alpha value is -0.790. The van der Waals surface area contributed by atoms with Crippen molar-refractivity contribution in [1.82, 2.24) is 0 Å². The van der Waals surface area contributed by atoms with Gasteiger partial charge in [0.1, 0.15) is 0 Å². The predicted molar refractivity (Wildman–Crippen MR) is 36.0 cm³/mol. The third-order valence-corrected chi connectivity index (χ3v) is 1.02. The lowest BCUT2D eigenvalue weighted by Crippen LogP contribution is -2.02. The maximum atomic E-state index is 9.67. The highest BCUT2D eigenvalue weighted by molar-refractivity contribution is 5.36. The molecule has 2 heteroatoms. The van der Waals surface area contributed by atoms with Crippen molar-refractivity contribution < 1.29 is 9.53 Å². The van der Waals surface area contributed by atoms with Crippen molar-refractivity contribution in [1.29, 1.82) is 0 Å². The molecule has 0 saturated carbocycles. The highest BCUT2D eigenvalue weighted by Crippen LogP contribution is 2.00. The Labute approximate surface area is 55.5 Å². The second-order valence-electron chi connectivity index (χ2n) is 2.06. The van der Waals surface area contributed by atoms with Gasteiger partial charge < -0.3 is 4.74 Å². The molecule has 1 atom stereocenters. The Morgan fingerprint density at radius 1 is 1.78 bits per heavy atom. The van der Waals surface area contributed by atoms with E-state index in [0.29, 0.717) is 19.0 Å². The van der Waals surface area contributed by atoms with Crippen LogP contribution in [-0.2, 0) is 9.53 Å². The normalized spacial score (nSPS) is 12.1. The molecular weight excluding hydrogens is 116 g/mol. The Morgan fingerprint density at radius 3 is 2.89 bits per heavy atom. The molecule has 0 N–H and O–H groups in total. The number of hydrogen-bond acceptors (Lipinski definition) is 2. The van der Waals surface area contributed by atoms with E-state index < -0.39 is 0 Å². The maximum Gasteiger partial charge on any atom is 0.293 e. The van der Waals surface area contributed by atoms with E-state index in [4.69, 9.17) is 0 Å². The molecule has 0 aliphatic heterocycles. The van der Waals surface area contributed by atoms with Crippen LogP contribution >= 0.6 is 0 Å². The first-order valence-electron chi connectivity index (χ1n) is 2.97. The van der Waals surface area contributed by atoms with E-state index in [2.05, 4.69) is 11.3 Å². The van der Waals surface area contributed by atoms with Crippen LogP contribution in [0.2, 0.25) is 0 Å². The minimum Gasteiger partial charge on any atom is -0.468 e. The van der Waals surface area contributed by atoms with Gasteiger partial charge in [-0.2, -0.15) is 0 Å². The largest absolute Gasteiger partial charge is 0.468 e. The molecular formula is C7H12O2. The summed E-state index contributed by atoms with van der Waals surface area (Å²) >= 11 is 0. The lowest BCUT2D eigenvalue weighted by atomic mass is 10.1. The molecule has 0 fully saturated rings. The zero-order valence-corrected chi connectivity index (χ0v) is 5.67. The third kappa shape index (κ3) is 5.07. The van der Waals surface area contributed by atoms with E-state index in [1.807, 2.05) is 13.0 Å². The topological polar surface area (TPSA) is 26.3 Å². The first kappa shape index (κ1) is 8.21. The second-order valence-corrected chi connectivity index (χ2v) is 2.06. The fourth-order valence-corrected chi connectivity index (χ4v) is 0.556. The molecule has 0 heterocycles. The van der Waals surface area contributed by atoms with Gasteiger partial charge in [0.2, 0.25) is 0 Å². The number of hydrogen-bond donors (Lipinski definition) is 0. The minimum absolute atomic E-state index is 0.396. The highest BCUT2D eigenvalue weighted by atomic mass is 16.5. The lowest BCUT2D eigenvalue weighted by molar-refractivity contribution is -0.129. The molecule has 52 valence electrons. The van der Waals surface area contributed by atoms with Gasteiger partial charge in [-0.05, 0) is 12.3 Å². The van der Waals surface area contributed by atoms with Crippen molar-refractivity contribution in [3.8, 4) is 0 Å². The molecule has 1 unspecified atom stereocenters. The van der Waals surface area contributed by atoms with E-state index in [1.54, 1.807) is 0 Å². The summed E-state index contributed by atoms with van der Waals surface area (Å²) in [5.74, 6) is 0.396. The molecule has 0 aromatic carbocycles. The number of rotatable bonds is 5. The molecule has 0 aromatic heterocycles. The van der Waals surface area contributed by atoms with Gasteiger partial charge in [-0.3, -0.25) is 4.79 Å². The Bertz CT molecular complexity index is 88.9. The summed E-state index contributed by atoms with van der Waals surface area (Å²) in [5, 5.41) is 0. The quantitative estimate of drug-likeness (QED) is 0.413. The zero-order valence-electron chi connectivity index (χ0n) is 5.67. The summed E-state index contributed by atoms with van der Waals surface area (Å²) in [6, 6.07) is 0. The van der Waals surface area contributed by atoms with E-state index in [1.165, 1.54) is 0 Å². The lowest BCUT2D eigenvalue weighted by Gasteiger charge is -2.04. The van der Waals surface area contributed by atoms with Gasteiger partial charge in [0, 0.05) is 0 Å². The smallest absolute Gasteiger partial charge is 0.293 e. The van der Waals surface area contributed by atoms with E-state index in [0.717, 1.165) is 6.42 Å². The summed E-state index contributed by atoms with van der Waals surface area (Å²) in [4.78, 5) is 9.67. The van der Waals surface area contributed by atoms with Gasteiger partial charge in [0.15, 0.2) is 0 Å². The fourth-order valence-electron chi connectivity index (χ4n) is 0.556. The van der Waals surface area contributed by atoms with Gasteiger partial charge >= 0.3 is 0 Å². The Kier molecular flexibility index (Phi) is 4.88. The number of ether oxygens (including phenoxy) is 1. The average molecular weight is 128 g/mol. The minimum atomic E-state index is 0.396. The van der Waals surface area contributed by atoms with Crippen molar-refractivity contribution in [2.75, 3.05) is 6.61 Å². The molecule has 0 bridgehead atoms. The third-order valence-electron chi connectivity index (χ3n) is 1.02. The molecule has 9 heavy (non-hydrogen) atoms. The summed E-state index contributed by atoms with van der Waals surface area (Å²) < 4.78 is 4.52. The van der Waals surface area contributed by atoms with Crippen LogP contribution in [0.25, 0.3) is 0 Å². The van der Waals surface area contributed by atoms with Crippen LogP contribution in [0.3, 0.4) is 0 Å².